The van der Waals surface area contributed by atoms with Gasteiger partial charge < -0.3 is 10.6 Å². The van der Waals surface area contributed by atoms with E-state index in [0.717, 1.165) is 13.1 Å². The number of hydrogen-bond donors (Lipinski definition) is 1. The first-order chi connectivity index (χ1) is 9.56. The molecule has 1 aromatic carbocycles. The van der Waals surface area contributed by atoms with E-state index >= 15 is 0 Å². The van der Waals surface area contributed by atoms with Crippen molar-refractivity contribution in [2.75, 3.05) is 13.6 Å². The summed E-state index contributed by atoms with van der Waals surface area (Å²) in [6.45, 7) is 5.98. The third kappa shape index (κ3) is 3.89. The molecule has 0 amide bonds. The first-order valence-corrected chi connectivity index (χ1v) is 6.96. The topological polar surface area (TPSA) is 42.1 Å². The molecule has 0 aliphatic rings. The fourth-order valence-corrected chi connectivity index (χ4v) is 2.30. The van der Waals surface area contributed by atoms with Gasteiger partial charge in [-0.2, -0.15) is 0 Å². The van der Waals surface area contributed by atoms with Crippen LogP contribution < -0.4 is 5.73 Å². The quantitative estimate of drug-likeness (QED) is 0.907. The van der Waals surface area contributed by atoms with E-state index in [1.54, 1.807) is 0 Å². The molecule has 0 aliphatic heterocycles. The molecular formula is C17H23N3. The van der Waals surface area contributed by atoms with Crippen molar-refractivity contribution in [2.45, 2.75) is 26.4 Å². The van der Waals surface area contributed by atoms with Gasteiger partial charge in [-0.05, 0) is 55.3 Å². The molecule has 0 bridgehead atoms. The zero-order valence-corrected chi connectivity index (χ0v) is 12.5. The maximum absolute atomic E-state index is 6.31. The summed E-state index contributed by atoms with van der Waals surface area (Å²) in [5.41, 5.74) is 11.4. The Morgan fingerprint density at radius 3 is 2.45 bits per heavy atom. The zero-order chi connectivity index (χ0) is 14.5. The summed E-state index contributed by atoms with van der Waals surface area (Å²) in [6.07, 6.45) is 3.65. The van der Waals surface area contributed by atoms with Gasteiger partial charge in [-0.1, -0.05) is 18.2 Å². The number of likely N-dealkylation sites (N-methyl/N-ethyl adjacent to an activating group) is 1. The van der Waals surface area contributed by atoms with Gasteiger partial charge in [0.05, 0.1) is 0 Å². The summed E-state index contributed by atoms with van der Waals surface area (Å²) in [7, 11) is 2.10. The molecule has 0 saturated carbocycles. The van der Waals surface area contributed by atoms with Crippen molar-refractivity contribution in [3.63, 3.8) is 0 Å². The van der Waals surface area contributed by atoms with Crippen LogP contribution in [0.1, 0.15) is 28.3 Å². The lowest BCUT2D eigenvalue weighted by Crippen LogP contribution is -2.28. The van der Waals surface area contributed by atoms with Crippen LogP contribution in [-0.2, 0) is 6.54 Å². The van der Waals surface area contributed by atoms with E-state index in [2.05, 4.69) is 49.0 Å². The molecule has 3 nitrogen and oxygen atoms in total. The van der Waals surface area contributed by atoms with Gasteiger partial charge in [0, 0.05) is 31.5 Å². The fourth-order valence-electron chi connectivity index (χ4n) is 2.30. The third-order valence-electron chi connectivity index (χ3n) is 3.67. The third-order valence-corrected chi connectivity index (χ3v) is 3.67. The van der Waals surface area contributed by atoms with E-state index in [4.69, 9.17) is 5.73 Å². The van der Waals surface area contributed by atoms with Crippen LogP contribution in [0.5, 0.6) is 0 Å². The normalized spacial score (nSPS) is 12.7. The van der Waals surface area contributed by atoms with Crippen LogP contribution in [0.15, 0.2) is 42.7 Å². The molecule has 0 aliphatic carbocycles. The maximum Gasteiger partial charge on any atom is 0.0424 e. The SMILES string of the molecule is Cc1ccc(C(N)CN(C)Cc2ccncc2)cc1C. The highest BCUT2D eigenvalue weighted by Crippen LogP contribution is 2.16. The molecule has 106 valence electrons. The molecule has 3 heteroatoms. The number of hydrogen-bond acceptors (Lipinski definition) is 3. The van der Waals surface area contributed by atoms with Crippen molar-refractivity contribution < 1.29 is 0 Å². The van der Waals surface area contributed by atoms with Crippen molar-refractivity contribution in [2.24, 2.45) is 5.73 Å². The second-order valence-electron chi connectivity index (χ2n) is 5.50. The first-order valence-electron chi connectivity index (χ1n) is 6.96. The van der Waals surface area contributed by atoms with Gasteiger partial charge in [-0.15, -0.1) is 0 Å². The number of rotatable bonds is 5. The van der Waals surface area contributed by atoms with Crippen LogP contribution in [0.2, 0.25) is 0 Å². The smallest absolute Gasteiger partial charge is 0.0424 e. The number of nitrogens with zero attached hydrogens (tertiary/aromatic N) is 2. The Bertz CT molecular complexity index is 551. The predicted molar refractivity (Wildman–Crippen MR) is 83.4 cm³/mol. The van der Waals surface area contributed by atoms with Gasteiger partial charge in [0.1, 0.15) is 0 Å². The minimum absolute atomic E-state index is 0.0427. The summed E-state index contributed by atoms with van der Waals surface area (Å²) in [6, 6.07) is 10.6. The van der Waals surface area contributed by atoms with Crippen LogP contribution in [0.3, 0.4) is 0 Å². The lowest BCUT2D eigenvalue weighted by molar-refractivity contribution is 0.305. The summed E-state index contributed by atoms with van der Waals surface area (Å²) in [5.74, 6) is 0. The van der Waals surface area contributed by atoms with E-state index in [1.807, 2.05) is 24.5 Å². The summed E-state index contributed by atoms with van der Waals surface area (Å²) in [5, 5.41) is 0. The molecule has 20 heavy (non-hydrogen) atoms. The Balaban J connectivity index is 1.96. The second kappa shape index (κ2) is 6.64. The molecule has 0 spiro atoms. The Labute approximate surface area is 121 Å². The molecule has 1 unspecified atom stereocenters. The molecule has 2 rings (SSSR count). The van der Waals surface area contributed by atoms with Gasteiger partial charge in [0.15, 0.2) is 0 Å². The van der Waals surface area contributed by atoms with Gasteiger partial charge >= 0.3 is 0 Å². The highest BCUT2D eigenvalue weighted by Gasteiger charge is 2.10. The number of nitrogens with two attached hydrogens (primary N) is 1. The lowest BCUT2D eigenvalue weighted by Gasteiger charge is -2.22. The van der Waals surface area contributed by atoms with Crippen LogP contribution in [0, 0.1) is 13.8 Å². The van der Waals surface area contributed by atoms with Gasteiger partial charge in [0.2, 0.25) is 0 Å². The lowest BCUT2D eigenvalue weighted by atomic mass is 10.0. The van der Waals surface area contributed by atoms with E-state index in [0.29, 0.717) is 0 Å². The second-order valence-corrected chi connectivity index (χ2v) is 5.50. The number of pyridine rings is 1. The number of aryl methyl sites for hydroxylation is 2. The Kier molecular flexibility index (Phi) is 4.88. The van der Waals surface area contributed by atoms with Crippen molar-refractivity contribution in [3.05, 3.63) is 65.0 Å². The maximum atomic E-state index is 6.31. The molecule has 1 atom stereocenters. The van der Waals surface area contributed by atoms with Crippen molar-refractivity contribution in [3.8, 4) is 0 Å². The molecule has 2 aromatic rings. The van der Waals surface area contributed by atoms with E-state index in [9.17, 15) is 0 Å². The van der Waals surface area contributed by atoms with Gasteiger partial charge in [0.25, 0.3) is 0 Å². The Morgan fingerprint density at radius 2 is 1.80 bits per heavy atom. The average Bonchev–Trinajstić information content (AvgIpc) is 2.42. The minimum atomic E-state index is 0.0427. The van der Waals surface area contributed by atoms with Crippen molar-refractivity contribution >= 4 is 0 Å². The van der Waals surface area contributed by atoms with E-state index < -0.39 is 0 Å². The van der Waals surface area contributed by atoms with E-state index in [1.165, 1.54) is 22.3 Å². The van der Waals surface area contributed by atoms with E-state index in [-0.39, 0.29) is 6.04 Å². The first kappa shape index (κ1) is 14.7. The molecule has 0 radical (unpaired) electrons. The number of benzene rings is 1. The minimum Gasteiger partial charge on any atom is -0.323 e. The Morgan fingerprint density at radius 1 is 1.10 bits per heavy atom. The standard InChI is InChI=1S/C17H23N3/c1-13-4-5-16(10-14(13)2)17(18)12-20(3)11-15-6-8-19-9-7-15/h4-10,17H,11-12,18H2,1-3H3. The molecule has 1 aromatic heterocycles. The predicted octanol–water partition coefficient (Wildman–Crippen LogP) is 2.83. The summed E-state index contributed by atoms with van der Waals surface area (Å²) < 4.78 is 0. The van der Waals surface area contributed by atoms with Gasteiger partial charge in [-0.25, -0.2) is 0 Å². The van der Waals surface area contributed by atoms with Gasteiger partial charge in [-0.3, -0.25) is 4.98 Å². The molecular weight excluding hydrogens is 246 g/mol. The molecule has 2 N–H and O–H groups in total. The van der Waals surface area contributed by atoms with Crippen LogP contribution in [-0.4, -0.2) is 23.5 Å². The monoisotopic (exact) mass is 269 g/mol. The highest BCUT2D eigenvalue weighted by molar-refractivity contribution is 5.31. The zero-order valence-electron chi connectivity index (χ0n) is 12.5. The highest BCUT2D eigenvalue weighted by atomic mass is 15.1. The van der Waals surface area contributed by atoms with Crippen molar-refractivity contribution in [1.82, 2.24) is 9.88 Å². The largest absolute Gasteiger partial charge is 0.323 e. The fraction of sp³-hybridized carbons (Fsp3) is 0.353. The van der Waals surface area contributed by atoms with Crippen LogP contribution in [0.4, 0.5) is 0 Å². The molecule has 1 heterocycles. The Hall–Kier alpha value is -1.71. The summed E-state index contributed by atoms with van der Waals surface area (Å²) >= 11 is 0. The number of aromatic nitrogens is 1. The molecule has 0 fully saturated rings. The summed E-state index contributed by atoms with van der Waals surface area (Å²) in [4.78, 5) is 6.28. The average molecular weight is 269 g/mol. The van der Waals surface area contributed by atoms with Crippen molar-refractivity contribution in [1.29, 1.82) is 0 Å². The van der Waals surface area contributed by atoms with Crippen LogP contribution in [0.25, 0.3) is 0 Å². The van der Waals surface area contributed by atoms with Crippen LogP contribution >= 0.6 is 0 Å². The molecule has 0 saturated heterocycles.